The summed E-state index contributed by atoms with van der Waals surface area (Å²) in [6.07, 6.45) is 10.6. The van der Waals surface area contributed by atoms with Crippen LogP contribution in [0.5, 0.6) is 0 Å². The Kier molecular flexibility index (Phi) is 4.33. The first kappa shape index (κ1) is 19.7. The predicted octanol–water partition coefficient (Wildman–Crippen LogP) is 7.47. The van der Waals surface area contributed by atoms with Crippen LogP contribution in [0.1, 0.15) is 5.56 Å². The highest BCUT2D eigenvalue weighted by Gasteiger charge is 2.19. The molecule has 5 aromatic carbocycles. The standard InChI is InChI=1S/C31H20N4/c1-19-2-4-20(5-3-19)26-16-27(29-18-33-13-15-35-29)25-9-7-21-6-8-22(28-17-32-12-14-34-28)23-10-11-24(26)31(25)30(21)23/h2-18H,1H3. The van der Waals surface area contributed by atoms with E-state index in [-0.39, 0.29) is 0 Å². The van der Waals surface area contributed by atoms with Gasteiger partial charge in [-0.3, -0.25) is 19.9 Å². The molecule has 0 bridgehead atoms. The molecule has 0 saturated heterocycles. The van der Waals surface area contributed by atoms with Gasteiger partial charge in [-0.2, -0.15) is 0 Å². The zero-order chi connectivity index (χ0) is 23.4. The number of aromatic nitrogens is 4. The van der Waals surface area contributed by atoms with Crippen molar-refractivity contribution in [3.63, 3.8) is 0 Å². The predicted molar refractivity (Wildman–Crippen MR) is 142 cm³/mol. The van der Waals surface area contributed by atoms with E-state index in [0.717, 1.165) is 22.5 Å². The van der Waals surface area contributed by atoms with Gasteiger partial charge in [-0.05, 0) is 56.4 Å². The van der Waals surface area contributed by atoms with Crippen LogP contribution in [0, 0.1) is 6.92 Å². The maximum absolute atomic E-state index is 4.66. The van der Waals surface area contributed by atoms with Crippen LogP contribution in [-0.4, -0.2) is 19.9 Å². The molecule has 2 aromatic heterocycles. The van der Waals surface area contributed by atoms with Crippen molar-refractivity contribution in [2.24, 2.45) is 0 Å². The van der Waals surface area contributed by atoms with Gasteiger partial charge in [0.05, 0.1) is 23.8 Å². The van der Waals surface area contributed by atoms with Gasteiger partial charge in [0.25, 0.3) is 0 Å². The monoisotopic (exact) mass is 448 g/mol. The maximum Gasteiger partial charge on any atom is 0.0891 e. The summed E-state index contributed by atoms with van der Waals surface area (Å²) in [5.41, 5.74) is 7.54. The van der Waals surface area contributed by atoms with Crippen molar-refractivity contribution in [2.45, 2.75) is 6.92 Å². The molecule has 0 unspecified atom stereocenters. The van der Waals surface area contributed by atoms with Crippen molar-refractivity contribution in [2.75, 3.05) is 0 Å². The molecule has 7 rings (SSSR count). The third-order valence-electron chi connectivity index (χ3n) is 6.82. The van der Waals surface area contributed by atoms with E-state index in [2.05, 4.69) is 93.6 Å². The molecular weight excluding hydrogens is 428 g/mol. The van der Waals surface area contributed by atoms with Gasteiger partial charge in [0, 0.05) is 35.9 Å². The van der Waals surface area contributed by atoms with E-state index in [1.165, 1.54) is 49.0 Å². The molecule has 2 heterocycles. The highest BCUT2D eigenvalue weighted by Crippen LogP contribution is 2.45. The average molecular weight is 449 g/mol. The lowest BCUT2D eigenvalue weighted by atomic mass is 9.85. The molecule has 0 aliphatic rings. The Morgan fingerprint density at radius 2 is 1.11 bits per heavy atom. The molecule has 0 spiro atoms. The minimum Gasteiger partial charge on any atom is -0.261 e. The van der Waals surface area contributed by atoms with Crippen molar-refractivity contribution >= 4 is 32.3 Å². The molecule has 7 aromatic rings. The van der Waals surface area contributed by atoms with Crippen molar-refractivity contribution in [1.29, 1.82) is 0 Å². The van der Waals surface area contributed by atoms with E-state index in [1.807, 2.05) is 12.4 Å². The molecule has 4 heteroatoms. The zero-order valence-electron chi connectivity index (χ0n) is 19.1. The molecule has 4 nitrogen and oxygen atoms in total. The minimum absolute atomic E-state index is 0.868. The number of nitrogens with zero attached hydrogens (tertiary/aromatic N) is 4. The van der Waals surface area contributed by atoms with Crippen molar-refractivity contribution in [3.05, 3.63) is 109 Å². The second-order valence-electron chi connectivity index (χ2n) is 8.88. The van der Waals surface area contributed by atoms with Crippen molar-refractivity contribution in [1.82, 2.24) is 19.9 Å². The van der Waals surface area contributed by atoms with E-state index in [0.29, 0.717) is 0 Å². The summed E-state index contributed by atoms with van der Waals surface area (Å²) in [5, 5.41) is 7.26. The summed E-state index contributed by atoms with van der Waals surface area (Å²) in [4.78, 5) is 17.9. The molecule has 164 valence electrons. The second kappa shape index (κ2) is 7.67. The van der Waals surface area contributed by atoms with Gasteiger partial charge < -0.3 is 0 Å². The lowest BCUT2D eigenvalue weighted by molar-refractivity contribution is 1.21. The topological polar surface area (TPSA) is 51.6 Å². The highest BCUT2D eigenvalue weighted by atomic mass is 14.8. The van der Waals surface area contributed by atoms with E-state index in [1.54, 1.807) is 24.8 Å². The number of hydrogen-bond donors (Lipinski definition) is 0. The summed E-state index contributed by atoms with van der Waals surface area (Å²) >= 11 is 0. The molecule has 35 heavy (non-hydrogen) atoms. The van der Waals surface area contributed by atoms with E-state index in [9.17, 15) is 0 Å². The molecule has 0 atom stereocenters. The second-order valence-corrected chi connectivity index (χ2v) is 8.88. The normalized spacial score (nSPS) is 11.6. The molecule has 0 N–H and O–H groups in total. The molecule has 0 saturated carbocycles. The van der Waals surface area contributed by atoms with Crippen molar-refractivity contribution < 1.29 is 0 Å². The Labute approximate surface area is 202 Å². The van der Waals surface area contributed by atoms with E-state index >= 15 is 0 Å². The fourth-order valence-electron chi connectivity index (χ4n) is 5.18. The SMILES string of the molecule is Cc1ccc(-c2cc(-c3cnccn3)c3ccc4ccc(-c5cnccn5)c5ccc2c3c45)cc1. The van der Waals surface area contributed by atoms with Crippen LogP contribution in [0.2, 0.25) is 0 Å². The van der Waals surface area contributed by atoms with Crippen LogP contribution in [0.4, 0.5) is 0 Å². The third kappa shape index (κ3) is 3.07. The van der Waals surface area contributed by atoms with Gasteiger partial charge in [0.1, 0.15) is 0 Å². The summed E-state index contributed by atoms with van der Waals surface area (Å²) in [7, 11) is 0. The first-order valence-electron chi connectivity index (χ1n) is 11.6. The van der Waals surface area contributed by atoms with Crippen LogP contribution in [0.25, 0.3) is 66.0 Å². The first-order chi connectivity index (χ1) is 17.3. The first-order valence-corrected chi connectivity index (χ1v) is 11.6. The van der Waals surface area contributed by atoms with E-state index < -0.39 is 0 Å². The van der Waals surface area contributed by atoms with Crippen LogP contribution in [0.3, 0.4) is 0 Å². The average Bonchev–Trinajstić information content (AvgIpc) is 2.93. The Morgan fingerprint density at radius 3 is 1.80 bits per heavy atom. The lowest BCUT2D eigenvalue weighted by Gasteiger charge is -2.19. The third-order valence-corrected chi connectivity index (χ3v) is 6.82. The molecule has 0 aliphatic heterocycles. The molecule has 0 fully saturated rings. The van der Waals surface area contributed by atoms with Gasteiger partial charge in [-0.1, -0.05) is 66.2 Å². The summed E-state index contributed by atoms with van der Waals surface area (Å²) < 4.78 is 0. The largest absolute Gasteiger partial charge is 0.261 e. The number of rotatable bonds is 3. The fourth-order valence-corrected chi connectivity index (χ4v) is 5.18. The Bertz CT molecular complexity index is 1830. The van der Waals surface area contributed by atoms with E-state index in [4.69, 9.17) is 0 Å². The van der Waals surface area contributed by atoms with Gasteiger partial charge in [-0.15, -0.1) is 0 Å². The molecule has 0 aliphatic carbocycles. The van der Waals surface area contributed by atoms with Gasteiger partial charge in [0.2, 0.25) is 0 Å². The maximum atomic E-state index is 4.66. The number of hydrogen-bond acceptors (Lipinski definition) is 4. The van der Waals surface area contributed by atoms with Gasteiger partial charge in [-0.25, -0.2) is 0 Å². The van der Waals surface area contributed by atoms with Gasteiger partial charge in [0.15, 0.2) is 0 Å². The van der Waals surface area contributed by atoms with Crippen LogP contribution < -0.4 is 0 Å². The highest BCUT2D eigenvalue weighted by molar-refractivity contribution is 6.29. The van der Waals surface area contributed by atoms with Crippen LogP contribution in [-0.2, 0) is 0 Å². The Morgan fingerprint density at radius 1 is 0.514 bits per heavy atom. The van der Waals surface area contributed by atoms with Crippen LogP contribution in [0.15, 0.2) is 104 Å². The van der Waals surface area contributed by atoms with Gasteiger partial charge >= 0.3 is 0 Å². The molecular formula is C31H20N4. The number of benzene rings is 5. The molecule has 0 amide bonds. The quantitative estimate of drug-likeness (QED) is 0.263. The zero-order valence-corrected chi connectivity index (χ0v) is 19.1. The number of aryl methyl sites for hydroxylation is 1. The summed E-state index contributed by atoms with van der Waals surface area (Å²) in [6, 6.07) is 24.2. The summed E-state index contributed by atoms with van der Waals surface area (Å²) in [6.45, 7) is 2.12. The smallest absolute Gasteiger partial charge is 0.0891 e. The summed E-state index contributed by atoms with van der Waals surface area (Å²) in [5.74, 6) is 0. The van der Waals surface area contributed by atoms with Crippen molar-refractivity contribution in [3.8, 4) is 33.6 Å². The lowest BCUT2D eigenvalue weighted by Crippen LogP contribution is -1.94. The Balaban J connectivity index is 1.66. The molecule has 0 radical (unpaired) electrons. The van der Waals surface area contributed by atoms with Crippen LogP contribution >= 0.6 is 0 Å². The fraction of sp³-hybridized carbons (Fsp3) is 0.0323. The Hall–Kier alpha value is -4.70. The minimum atomic E-state index is 0.868.